The van der Waals surface area contributed by atoms with Crippen molar-refractivity contribution in [3.05, 3.63) is 0 Å². The van der Waals surface area contributed by atoms with Gasteiger partial charge in [0.1, 0.15) is 0 Å². The van der Waals surface area contributed by atoms with Crippen LogP contribution >= 0.6 is 0 Å². The number of aliphatic hydroxyl groups is 1. The van der Waals surface area contributed by atoms with Gasteiger partial charge in [0.05, 0.1) is 18.3 Å². The average Bonchev–Trinajstić information content (AvgIpc) is 2.70. The zero-order valence-electron chi connectivity index (χ0n) is 5.97. The molecule has 1 aliphatic heterocycles. The maximum Gasteiger partial charge on any atom is 0.0937 e. The molecule has 0 unspecified atom stereocenters. The molecule has 0 aromatic rings. The molecule has 1 spiro atoms. The first kappa shape index (κ1) is 6.58. The van der Waals surface area contributed by atoms with Gasteiger partial charge < -0.3 is 15.2 Å². The van der Waals surface area contributed by atoms with E-state index in [0.29, 0.717) is 0 Å². The molecule has 3 heteroatoms. The number of morpholine rings is 1. The number of rotatable bonds is 1. The topological polar surface area (TPSA) is 41.5 Å². The van der Waals surface area contributed by atoms with E-state index in [1.54, 1.807) is 0 Å². The van der Waals surface area contributed by atoms with E-state index in [9.17, 15) is 0 Å². The third kappa shape index (κ3) is 1.05. The minimum Gasteiger partial charge on any atom is -0.394 e. The van der Waals surface area contributed by atoms with Crippen LogP contribution in [0.15, 0.2) is 0 Å². The summed E-state index contributed by atoms with van der Waals surface area (Å²) in [4.78, 5) is 0. The van der Waals surface area contributed by atoms with Gasteiger partial charge in [-0.1, -0.05) is 0 Å². The zero-order valence-corrected chi connectivity index (χ0v) is 5.97. The highest BCUT2D eigenvalue weighted by molar-refractivity contribution is 5.00. The van der Waals surface area contributed by atoms with E-state index in [4.69, 9.17) is 9.84 Å². The SMILES string of the molecule is OC[C@H]1CNCC2(CC2)O1. The van der Waals surface area contributed by atoms with E-state index in [0.717, 1.165) is 25.9 Å². The summed E-state index contributed by atoms with van der Waals surface area (Å²) < 4.78 is 5.62. The van der Waals surface area contributed by atoms with Crippen molar-refractivity contribution in [1.29, 1.82) is 0 Å². The van der Waals surface area contributed by atoms with Crippen molar-refractivity contribution in [2.45, 2.75) is 24.5 Å². The number of hydrogen-bond acceptors (Lipinski definition) is 3. The third-order valence-electron chi connectivity index (χ3n) is 2.25. The lowest BCUT2D eigenvalue weighted by atomic mass is 10.2. The fourth-order valence-electron chi connectivity index (χ4n) is 1.43. The summed E-state index contributed by atoms with van der Waals surface area (Å²) in [6.07, 6.45) is 2.36. The second kappa shape index (κ2) is 2.19. The smallest absolute Gasteiger partial charge is 0.0937 e. The Kier molecular flexibility index (Phi) is 1.44. The molecule has 2 N–H and O–H groups in total. The van der Waals surface area contributed by atoms with Crippen LogP contribution in [0.4, 0.5) is 0 Å². The molecule has 3 nitrogen and oxygen atoms in total. The van der Waals surface area contributed by atoms with E-state index in [2.05, 4.69) is 5.32 Å². The van der Waals surface area contributed by atoms with Crippen molar-refractivity contribution in [2.24, 2.45) is 0 Å². The molecule has 1 saturated heterocycles. The van der Waals surface area contributed by atoms with Gasteiger partial charge in [-0.25, -0.2) is 0 Å². The van der Waals surface area contributed by atoms with Crippen molar-refractivity contribution in [1.82, 2.24) is 5.32 Å². The Hall–Kier alpha value is -0.120. The average molecular weight is 143 g/mol. The first-order chi connectivity index (χ1) is 4.85. The number of ether oxygens (including phenoxy) is 1. The zero-order chi connectivity index (χ0) is 7.03. The second-order valence-electron chi connectivity index (χ2n) is 3.24. The van der Waals surface area contributed by atoms with Gasteiger partial charge in [-0.2, -0.15) is 0 Å². The number of nitrogens with one attached hydrogen (secondary N) is 1. The molecule has 10 heavy (non-hydrogen) atoms. The molecule has 0 radical (unpaired) electrons. The quantitative estimate of drug-likeness (QED) is 0.520. The van der Waals surface area contributed by atoms with Crippen LogP contribution in [-0.4, -0.2) is 36.5 Å². The summed E-state index contributed by atoms with van der Waals surface area (Å²) in [5, 5.41) is 12.0. The molecular weight excluding hydrogens is 130 g/mol. The predicted octanol–water partition coefficient (Wildman–Crippen LogP) is -0.500. The van der Waals surface area contributed by atoms with Crippen LogP contribution in [0.3, 0.4) is 0 Å². The van der Waals surface area contributed by atoms with Crippen molar-refractivity contribution < 1.29 is 9.84 Å². The normalized spacial score (nSPS) is 36.3. The van der Waals surface area contributed by atoms with E-state index in [1.807, 2.05) is 0 Å². The van der Waals surface area contributed by atoms with E-state index >= 15 is 0 Å². The minimum absolute atomic E-state index is 0.0382. The van der Waals surface area contributed by atoms with Crippen molar-refractivity contribution in [3.8, 4) is 0 Å². The number of hydrogen-bond donors (Lipinski definition) is 2. The van der Waals surface area contributed by atoms with E-state index < -0.39 is 0 Å². The van der Waals surface area contributed by atoms with Gasteiger partial charge in [0.15, 0.2) is 0 Å². The van der Waals surface area contributed by atoms with Crippen LogP contribution in [-0.2, 0) is 4.74 Å². The summed E-state index contributed by atoms with van der Waals surface area (Å²) in [7, 11) is 0. The molecule has 1 saturated carbocycles. The van der Waals surface area contributed by atoms with E-state index in [-0.39, 0.29) is 18.3 Å². The summed E-state index contributed by atoms with van der Waals surface area (Å²) in [5.74, 6) is 0. The molecule has 0 aromatic heterocycles. The Morgan fingerprint density at radius 3 is 3.00 bits per heavy atom. The van der Waals surface area contributed by atoms with Crippen LogP contribution in [0, 0.1) is 0 Å². The fourth-order valence-corrected chi connectivity index (χ4v) is 1.43. The van der Waals surface area contributed by atoms with Gasteiger partial charge in [0.25, 0.3) is 0 Å². The Labute approximate surface area is 60.4 Å². The molecule has 0 bridgehead atoms. The molecule has 1 atom stereocenters. The third-order valence-corrected chi connectivity index (χ3v) is 2.25. The predicted molar refractivity (Wildman–Crippen MR) is 36.8 cm³/mol. The lowest BCUT2D eigenvalue weighted by Crippen LogP contribution is -2.47. The van der Waals surface area contributed by atoms with Crippen LogP contribution in [0.5, 0.6) is 0 Å². The van der Waals surface area contributed by atoms with Gasteiger partial charge in [-0.15, -0.1) is 0 Å². The summed E-state index contributed by atoms with van der Waals surface area (Å²) >= 11 is 0. The van der Waals surface area contributed by atoms with Crippen LogP contribution < -0.4 is 5.32 Å². The van der Waals surface area contributed by atoms with Crippen LogP contribution in [0.2, 0.25) is 0 Å². The molecule has 2 fully saturated rings. The molecule has 1 aliphatic carbocycles. The highest BCUT2D eigenvalue weighted by Gasteiger charge is 2.47. The fraction of sp³-hybridized carbons (Fsp3) is 1.00. The second-order valence-corrected chi connectivity index (χ2v) is 3.24. The molecule has 0 aromatic carbocycles. The highest BCUT2D eigenvalue weighted by Crippen LogP contribution is 2.41. The lowest BCUT2D eigenvalue weighted by Gasteiger charge is -2.29. The summed E-state index contributed by atoms with van der Waals surface area (Å²) in [6, 6.07) is 0. The number of aliphatic hydroxyl groups excluding tert-OH is 1. The van der Waals surface area contributed by atoms with Gasteiger partial charge in [0, 0.05) is 13.1 Å². The lowest BCUT2D eigenvalue weighted by molar-refractivity contribution is -0.0755. The van der Waals surface area contributed by atoms with Crippen molar-refractivity contribution >= 4 is 0 Å². The standard InChI is InChI=1S/C7H13NO2/c9-4-6-3-8-5-7(10-6)1-2-7/h6,8-9H,1-5H2/t6-/m1/s1. The Bertz CT molecular complexity index is 134. The molecule has 0 amide bonds. The van der Waals surface area contributed by atoms with Gasteiger partial charge in [0.2, 0.25) is 0 Å². The van der Waals surface area contributed by atoms with Crippen LogP contribution in [0.1, 0.15) is 12.8 Å². The minimum atomic E-state index is 0.0382. The van der Waals surface area contributed by atoms with Gasteiger partial charge in [-0.3, -0.25) is 0 Å². The van der Waals surface area contributed by atoms with Crippen LogP contribution in [0.25, 0.3) is 0 Å². The summed E-state index contributed by atoms with van der Waals surface area (Å²) in [5.41, 5.74) is 0.131. The van der Waals surface area contributed by atoms with Gasteiger partial charge >= 0.3 is 0 Å². The maximum absolute atomic E-state index is 8.79. The van der Waals surface area contributed by atoms with Gasteiger partial charge in [-0.05, 0) is 12.8 Å². The van der Waals surface area contributed by atoms with E-state index in [1.165, 1.54) is 0 Å². The molecule has 58 valence electrons. The Morgan fingerprint density at radius 2 is 2.40 bits per heavy atom. The van der Waals surface area contributed by atoms with Crippen molar-refractivity contribution in [2.75, 3.05) is 19.7 Å². The van der Waals surface area contributed by atoms with Crippen molar-refractivity contribution in [3.63, 3.8) is 0 Å². The molecule has 2 rings (SSSR count). The molecule has 1 heterocycles. The molecular formula is C7H13NO2. The highest BCUT2D eigenvalue weighted by atomic mass is 16.5. The maximum atomic E-state index is 8.79. The molecule has 2 aliphatic rings. The first-order valence-electron chi connectivity index (χ1n) is 3.84. The Morgan fingerprint density at radius 1 is 1.60 bits per heavy atom. The largest absolute Gasteiger partial charge is 0.394 e. The first-order valence-corrected chi connectivity index (χ1v) is 3.84. The monoisotopic (exact) mass is 143 g/mol. The Balaban J connectivity index is 1.91. The summed E-state index contributed by atoms with van der Waals surface area (Å²) in [6.45, 7) is 1.93.